The molecule has 1 nitrogen and oxygen atoms in total. The van der Waals surface area contributed by atoms with Gasteiger partial charge in [0.1, 0.15) is 0 Å². The van der Waals surface area contributed by atoms with Gasteiger partial charge in [0.05, 0.1) is 0 Å². The summed E-state index contributed by atoms with van der Waals surface area (Å²) in [4.78, 5) is 2.47. The van der Waals surface area contributed by atoms with E-state index in [0.717, 1.165) is 5.92 Å². The quantitative estimate of drug-likeness (QED) is 0.656. The van der Waals surface area contributed by atoms with Gasteiger partial charge in [0, 0.05) is 6.04 Å². The fourth-order valence-corrected chi connectivity index (χ4v) is 2.46. The first-order valence-corrected chi connectivity index (χ1v) is 5.54. The predicted octanol–water partition coefficient (Wildman–Crippen LogP) is 2.88. The van der Waals surface area contributed by atoms with Gasteiger partial charge in [0.2, 0.25) is 0 Å². The molecule has 0 saturated carbocycles. The van der Waals surface area contributed by atoms with Crippen molar-refractivity contribution in [3.63, 3.8) is 0 Å². The maximum Gasteiger partial charge on any atom is 0.0133 e. The topological polar surface area (TPSA) is 3.24 Å². The van der Waals surface area contributed by atoms with E-state index in [1.165, 1.54) is 24.9 Å². The highest BCUT2D eigenvalue weighted by molar-refractivity contribution is 5.21. The third kappa shape index (κ3) is 1.83. The number of hydrogen-bond acceptors (Lipinski definition) is 1. The molecule has 0 aromatic heterocycles. The Hall–Kier alpha value is -0.820. The van der Waals surface area contributed by atoms with Crippen LogP contribution in [0.15, 0.2) is 30.3 Å². The summed E-state index contributed by atoms with van der Waals surface area (Å²) in [6.45, 7) is 3.60. The first-order valence-electron chi connectivity index (χ1n) is 5.54. The van der Waals surface area contributed by atoms with Gasteiger partial charge in [-0.25, -0.2) is 0 Å². The summed E-state index contributed by atoms with van der Waals surface area (Å²) >= 11 is 0. The highest BCUT2D eigenvalue weighted by Gasteiger charge is 2.26. The SMILES string of the molecule is C[C@H]1[C@H](c2ccccc2)CCCN1C. The first-order chi connectivity index (χ1) is 6.79. The molecule has 0 N–H and O–H groups in total. The Morgan fingerprint density at radius 3 is 2.64 bits per heavy atom. The van der Waals surface area contributed by atoms with Gasteiger partial charge < -0.3 is 4.90 Å². The standard InChI is InChI=1S/C13H19N/c1-11-13(9-6-10-14(11)2)12-7-4-3-5-8-12/h3-5,7-8,11,13H,6,9-10H2,1-2H3/t11-,13+/m0/s1. The molecule has 1 fully saturated rings. The third-order valence-corrected chi connectivity index (χ3v) is 3.53. The normalized spacial score (nSPS) is 29.0. The minimum absolute atomic E-state index is 0.686. The Balaban J connectivity index is 2.17. The number of likely N-dealkylation sites (N-methyl/N-ethyl adjacent to an activating group) is 1. The van der Waals surface area contributed by atoms with Crippen LogP contribution < -0.4 is 0 Å². The molecule has 0 aliphatic carbocycles. The van der Waals surface area contributed by atoms with E-state index in [9.17, 15) is 0 Å². The molecule has 0 bridgehead atoms. The second-order valence-corrected chi connectivity index (χ2v) is 4.38. The lowest BCUT2D eigenvalue weighted by Gasteiger charge is -2.37. The molecular formula is C13H19N. The second-order valence-electron chi connectivity index (χ2n) is 4.38. The van der Waals surface area contributed by atoms with Crippen molar-refractivity contribution in [3.8, 4) is 0 Å². The third-order valence-electron chi connectivity index (χ3n) is 3.53. The maximum atomic E-state index is 2.47. The molecule has 1 heterocycles. The minimum Gasteiger partial charge on any atom is -0.303 e. The van der Waals surface area contributed by atoms with Gasteiger partial charge in [-0.15, -0.1) is 0 Å². The van der Waals surface area contributed by atoms with Crippen molar-refractivity contribution >= 4 is 0 Å². The number of rotatable bonds is 1. The first kappa shape index (κ1) is 9.72. The zero-order valence-corrected chi connectivity index (χ0v) is 9.11. The Labute approximate surface area is 86.7 Å². The molecule has 0 amide bonds. The van der Waals surface area contributed by atoms with Crippen LogP contribution in [0.25, 0.3) is 0 Å². The summed E-state index contributed by atoms with van der Waals surface area (Å²) in [5, 5.41) is 0. The number of piperidine rings is 1. The molecular weight excluding hydrogens is 170 g/mol. The fourth-order valence-electron chi connectivity index (χ4n) is 2.46. The number of likely N-dealkylation sites (tertiary alicyclic amines) is 1. The van der Waals surface area contributed by atoms with Crippen molar-refractivity contribution in [3.05, 3.63) is 35.9 Å². The van der Waals surface area contributed by atoms with Crippen LogP contribution in [0.4, 0.5) is 0 Å². The van der Waals surface area contributed by atoms with Crippen molar-refractivity contribution in [2.45, 2.75) is 31.7 Å². The van der Waals surface area contributed by atoms with E-state index in [1.807, 2.05) is 0 Å². The van der Waals surface area contributed by atoms with E-state index in [1.54, 1.807) is 0 Å². The van der Waals surface area contributed by atoms with Gasteiger partial charge in [-0.1, -0.05) is 30.3 Å². The van der Waals surface area contributed by atoms with Gasteiger partial charge in [-0.05, 0) is 44.8 Å². The Morgan fingerprint density at radius 1 is 1.21 bits per heavy atom. The van der Waals surface area contributed by atoms with E-state index in [4.69, 9.17) is 0 Å². The van der Waals surface area contributed by atoms with Crippen molar-refractivity contribution in [1.29, 1.82) is 0 Å². The monoisotopic (exact) mass is 189 g/mol. The van der Waals surface area contributed by atoms with Gasteiger partial charge in [0.25, 0.3) is 0 Å². The summed E-state index contributed by atoms with van der Waals surface area (Å²) in [6.07, 6.45) is 2.68. The number of benzene rings is 1. The lowest BCUT2D eigenvalue weighted by Crippen LogP contribution is -2.39. The molecule has 2 rings (SSSR count). The van der Waals surface area contributed by atoms with Gasteiger partial charge >= 0.3 is 0 Å². The Kier molecular flexibility index (Phi) is 2.87. The smallest absolute Gasteiger partial charge is 0.0133 e. The van der Waals surface area contributed by atoms with Crippen molar-refractivity contribution in [2.24, 2.45) is 0 Å². The summed E-state index contributed by atoms with van der Waals surface area (Å²) < 4.78 is 0. The zero-order chi connectivity index (χ0) is 9.97. The van der Waals surface area contributed by atoms with Gasteiger partial charge in [-0.3, -0.25) is 0 Å². The van der Waals surface area contributed by atoms with Crippen molar-refractivity contribution in [2.75, 3.05) is 13.6 Å². The number of nitrogens with zero attached hydrogens (tertiary/aromatic N) is 1. The lowest BCUT2D eigenvalue weighted by atomic mass is 9.85. The fraction of sp³-hybridized carbons (Fsp3) is 0.538. The average molecular weight is 189 g/mol. The second kappa shape index (κ2) is 4.14. The minimum atomic E-state index is 0.686. The summed E-state index contributed by atoms with van der Waals surface area (Å²) in [6, 6.07) is 11.6. The molecule has 14 heavy (non-hydrogen) atoms. The average Bonchev–Trinajstić information content (AvgIpc) is 2.23. The van der Waals surface area contributed by atoms with E-state index >= 15 is 0 Å². The van der Waals surface area contributed by atoms with Crippen LogP contribution in [-0.4, -0.2) is 24.5 Å². The maximum absolute atomic E-state index is 2.47. The molecule has 1 aromatic rings. The largest absolute Gasteiger partial charge is 0.303 e. The molecule has 1 saturated heterocycles. The van der Waals surface area contributed by atoms with Crippen LogP contribution in [-0.2, 0) is 0 Å². The summed E-state index contributed by atoms with van der Waals surface area (Å²) in [5.74, 6) is 0.731. The Bertz CT molecular complexity index is 281. The van der Waals surface area contributed by atoms with Crippen LogP contribution in [0, 0.1) is 0 Å². The van der Waals surface area contributed by atoms with Crippen molar-refractivity contribution < 1.29 is 0 Å². The molecule has 1 aromatic carbocycles. The van der Waals surface area contributed by atoms with Gasteiger partial charge in [0.15, 0.2) is 0 Å². The summed E-state index contributed by atoms with van der Waals surface area (Å²) in [7, 11) is 2.24. The van der Waals surface area contributed by atoms with E-state index in [0.29, 0.717) is 6.04 Å². The van der Waals surface area contributed by atoms with Crippen LogP contribution in [0.1, 0.15) is 31.2 Å². The molecule has 1 aliphatic rings. The molecule has 0 radical (unpaired) electrons. The van der Waals surface area contributed by atoms with Crippen LogP contribution in [0.5, 0.6) is 0 Å². The van der Waals surface area contributed by atoms with Crippen molar-refractivity contribution in [1.82, 2.24) is 4.90 Å². The summed E-state index contributed by atoms with van der Waals surface area (Å²) in [5.41, 5.74) is 1.51. The predicted molar refractivity (Wildman–Crippen MR) is 60.5 cm³/mol. The van der Waals surface area contributed by atoms with Gasteiger partial charge in [-0.2, -0.15) is 0 Å². The molecule has 0 spiro atoms. The molecule has 76 valence electrons. The van der Waals surface area contributed by atoms with Crippen LogP contribution >= 0.6 is 0 Å². The van der Waals surface area contributed by atoms with Crippen LogP contribution in [0.3, 0.4) is 0 Å². The highest BCUT2D eigenvalue weighted by atomic mass is 15.1. The molecule has 1 heteroatoms. The highest BCUT2D eigenvalue weighted by Crippen LogP contribution is 2.31. The van der Waals surface area contributed by atoms with Crippen LogP contribution in [0.2, 0.25) is 0 Å². The lowest BCUT2D eigenvalue weighted by molar-refractivity contribution is 0.174. The molecule has 1 aliphatic heterocycles. The zero-order valence-electron chi connectivity index (χ0n) is 9.11. The van der Waals surface area contributed by atoms with E-state index in [2.05, 4.69) is 49.2 Å². The Morgan fingerprint density at radius 2 is 1.93 bits per heavy atom. The molecule has 2 atom stereocenters. The van der Waals surface area contributed by atoms with E-state index < -0.39 is 0 Å². The molecule has 0 unspecified atom stereocenters. The van der Waals surface area contributed by atoms with E-state index in [-0.39, 0.29) is 0 Å². The number of hydrogen-bond donors (Lipinski definition) is 0.